The number of carbonyl (C=O) groups excluding carboxylic acids is 1. The van der Waals surface area contributed by atoms with Gasteiger partial charge in [-0.3, -0.25) is 9.20 Å². The number of nitrogens with zero attached hydrogens (tertiary/aromatic N) is 4. The lowest BCUT2D eigenvalue weighted by atomic mass is 10.2. The molecule has 2 aromatic heterocycles. The molecule has 7 heteroatoms. The molecule has 0 saturated heterocycles. The Kier molecular flexibility index (Phi) is 3.63. The van der Waals surface area contributed by atoms with Gasteiger partial charge in [0.1, 0.15) is 5.82 Å². The summed E-state index contributed by atoms with van der Waals surface area (Å²) in [6.07, 6.45) is 2.31. The Hall–Kier alpha value is -2.96. The van der Waals surface area contributed by atoms with Crippen molar-refractivity contribution in [2.24, 2.45) is 0 Å². The van der Waals surface area contributed by atoms with E-state index >= 15 is 0 Å². The smallest absolute Gasteiger partial charge is 0.234 e. The van der Waals surface area contributed by atoms with Crippen LogP contribution in [0.4, 0.5) is 15.8 Å². The highest BCUT2D eigenvalue weighted by Gasteiger charge is 2.21. The molecule has 1 N–H and O–H groups in total. The van der Waals surface area contributed by atoms with Gasteiger partial charge in [-0.25, -0.2) is 14.4 Å². The summed E-state index contributed by atoms with van der Waals surface area (Å²) in [5.41, 5.74) is 4.14. The van der Waals surface area contributed by atoms with Crippen LogP contribution in [-0.4, -0.2) is 26.8 Å². The third-order valence-electron chi connectivity index (χ3n) is 4.35. The van der Waals surface area contributed by atoms with Gasteiger partial charge in [0.2, 0.25) is 11.7 Å². The van der Waals surface area contributed by atoms with Crippen LogP contribution in [0.1, 0.15) is 23.5 Å². The third kappa shape index (κ3) is 2.93. The fourth-order valence-corrected chi connectivity index (χ4v) is 3.21. The molecular weight excluding hydrogens is 321 g/mol. The summed E-state index contributed by atoms with van der Waals surface area (Å²) in [6, 6.07) is 6.46. The number of halogens is 1. The first-order chi connectivity index (χ1) is 12.0. The van der Waals surface area contributed by atoms with Crippen LogP contribution >= 0.6 is 0 Å². The summed E-state index contributed by atoms with van der Waals surface area (Å²) < 4.78 is 15.5. The largest absolute Gasteiger partial charge is 0.363 e. The minimum absolute atomic E-state index is 0.113. The summed E-state index contributed by atoms with van der Waals surface area (Å²) in [4.78, 5) is 23.0. The molecule has 0 aliphatic carbocycles. The maximum Gasteiger partial charge on any atom is 0.234 e. The zero-order valence-corrected chi connectivity index (χ0v) is 14.1. The van der Waals surface area contributed by atoms with Crippen molar-refractivity contribution >= 4 is 23.1 Å². The van der Waals surface area contributed by atoms with Crippen molar-refractivity contribution in [3.05, 3.63) is 53.4 Å². The number of rotatable bonds is 2. The monoisotopic (exact) mass is 339 g/mol. The van der Waals surface area contributed by atoms with Gasteiger partial charge in [-0.15, -0.1) is 0 Å². The summed E-state index contributed by atoms with van der Waals surface area (Å²) in [5.74, 6) is 0.178. The van der Waals surface area contributed by atoms with Gasteiger partial charge in [-0.1, -0.05) is 0 Å². The molecule has 1 aliphatic heterocycles. The fraction of sp³-hybridized carbons (Fsp3) is 0.278. The molecule has 128 valence electrons. The van der Waals surface area contributed by atoms with Crippen molar-refractivity contribution in [2.75, 3.05) is 16.8 Å². The number of aryl methyl sites for hydroxylation is 2. The summed E-state index contributed by atoms with van der Waals surface area (Å²) >= 11 is 0. The maximum atomic E-state index is 13.5. The van der Waals surface area contributed by atoms with Crippen molar-refractivity contribution in [3.63, 3.8) is 0 Å². The van der Waals surface area contributed by atoms with Crippen LogP contribution in [-0.2, 0) is 11.3 Å². The number of hydrogen-bond acceptors (Lipinski definition) is 4. The van der Waals surface area contributed by atoms with Crippen molar-refractivity contribution in [2.45, 2.75) is 26.8 Å². The number of benzene rings is 1. The van der Waals surface area contributed by atoms with E-state index in [1.807, 2.05) is 35.4 Å². The molecule has 1 aliphatic rings. The number of amides is 1. The van der Waals surface area contributed by atoms with Crippen molar-refractivity contribution in [1.82, 2.24) is 14.4 Å². The molecule has 0 unspecified atom stereocenters. The predicted octanol–water partition coefficient (Wildman–Crippen LogP) is 2.83. The fourth-order valence-electron chi connectivity index (χ4n) is 3.21. The highest BCUT2D eigenvalue weighted by atomic mass is 19.1. The molecule has 1 amide bonds. The molecule has 25 heavy (non-hydrogen) atoms. The standard InChI is InChI=1S/C18H18FN5O/c1-11-7-12(2)24-10-14(21-18(24)20-11)9-23-6-5-17(25)22-15-8-13(19)3-4-16(15)23/h3-4,7-8,10H,5-6,9H2,1-2H3,(H,22,25). The van der Waals surface area contributed by atoms with E-state index in [9.17, 15) is 9.18 Å². The average molecular weight is 339 g/mol. The SMILES string of the molecule is Cc1cc(C)n2cc(CN3CCC(=O)Nc4cc(F)ccc43)nc2n1. The normalized spacial score (nSPS) is 14.4. The Morgan fingerprint density at radius 1 is 1.24 bits per heavy atom. The first kappa shape index (κ1) is 15.6. The Bertz CT molecular complexity index is 981. The Morgan fingerprint density at radius 2 is 2.08 bits per heavy atom. The number of anilines is 2. The van der Waals surface area contributed by atoms with Gasteiger partial charge in [-0.05, 0) is 38.1 Å². The van der Waals surface area contributed by atoms with E-state index in [-0.39, 0.29) is 11.7 Å². The first-order valence-electron chi connectivity index (χ1n) is 8.16. The zero-order chi connectivity index (χ0) is 17.6. The minimum atomic E-state index is -0.371. The van der Waals surface area contributed by atoms with Gasteiger partial charge in [0.15, 0.2) is 0 Å². The summed E-state index contributed by atoms with van der Waals surface area (Å²) in [7, 11) is 0. The Balaban J connectivity index is 1.71. The molecule has 3 aromatic rings. The van der Waals surface area contributed by atoms with E-state index in [0.29, 0.717) is 31.0 Å². The molecule has 1 aromatic carbocycles. The van der Waals surface area contributed by atoms with Crippen LogP contribution < -0.4 is 10.2 Å². The summed E-state index contributed by atoms with van der Waals surface area (Å²) in [5, 5.41) is 2.76. The van der Waals surface area contributed by atoms with Gasteiger partial charge in [0.05, 0.1) is 23.6 Å². The van der Waals surface area contributed by atoms with Crippen LogP contribution in [0.5, 0.6) is 0 Å². The van der Waals surface area contributed by atoms with Gasteiger partial charge < -0.3 is 10.2 Å². The molecular formula is C18H18FN5O. The molecule has 0 atom stereocenters. The summed E-state index contributed by atoms with van der Waals surface area (Å²) in [6.45, 7) is 5.02. The average Bonchev–Trinajstić information content (AvgIpc) is 2.87. The van der Waals surface area contributed by atoms with Crippen molar-refractivity contribution < 1.29 is 9.18 Å². The Morgan fingerprint density at radius 3 is 2.92 bits per heavy atom. The van der Waals surface area contributed by atoms with Crippen molar-refractivity contribution in [1.29, 1.82) is 0 Å². The van der Waals surface area contributed by atoms with Crippen molar-refractivity contribution in [3.8, 4) is 0 Å². The molecule has 0 spiro atoms. The van der Waals surface area contributed by atoms with Crippen LogP contribution in [0.3, 0.4) is 0 Å². The lowest BCUT2D eigenvalue weighted by Crippen LogP contribution is -2.24. The van der Waals surface area contributed by atoms with E-state index < -0.39 is 0 Å². The number of fused-ring (bicyclic) bond motifs is 2. The molecule has 0 radical (unpaired) electrons. The third-order valence-corrected chi connectivity index (χ3v) is 4.35. The number of carbonyl (C=O) groups is 1. The molecule has 4 rings (SSSR count). The van der Waals surface area contributed by atoms with Crippen LogP contribution in [0.25, 0.3) is 5.78 Å². The second kappa shape index (κ2) is 5.84. The molecule has 0 saturated carbocycles. The van der Waals surface area contributed by atoms with E-state index in [1.165, 1.54) is 12.1 Å². The second-order valence-corrected chi connectivity index (χ2v) is 6.32. The second-order valence-electron chi connectivity index (χ2n) is 6.32. The van der Waals surface area contributed by atoms with E-state index in [4.69, 9.17) is 0 Å². The number of nitrogens with one attached hydrogen (secondary N) is 1. The topological polar surface area (TPSA) is 62.5 Å². The quantitative estimate of drug-likeness (QED) is 0.780. The Labute approximate surface area is 144 Å². The van der Waals surface area contributed by atoms with Crippen LogP contribution in [0.15, 0.2) is 30.5 Å². The highest BCUT2D eigenvalue weighted by Crippen LogP contribution is 2.30. The van der Waals surface area contributed by atoms with Gasteiger partial charge in [-0.2, -0.15) is 0 Å². The van der Waals surface area contributed by atoms with Gasteiger partial charge in [0.25, 0.3) is 0 Å². The first-order valence-corrected chi connectivity index (χ1v) is 8.16. The van der Waals surface area contributed by atoms with Gasteiger partial charge >= 0.3 is 0 Å². The number of imidazole rings is 1. The van der Waals surface area contributed by atoms with Crippen LogP contribution in [0, 0.1) is 19.7 Å². The van der Waals surface area contributed by atoms with Crippen LogP contribution in [0.2, 0.25) is 0 Å². The predicted molar refractivity (Wildman–Crippen MR) is 93.2 cm³/mol. The van der Waals surface area contributed by atoms with Gasteiger partial charge in [0, 0.05) is 30.6 Å². The molecule has 0 bridgehead atoms. The van der Waals surface area contributed by atoms with E-state index in [0.717, 1.165) is 22.8 Å². The molecule has 6 nitrogen and oxygen atoms in total. The van der Waals surface area contributed by atoms with E-state index in [1.54, 1.807) is 6.07 Å². The zero-order valence-electron chi connectivity index (χ0n) is 14.1. The molecule has 0 fully saturated rings. The maximum absolute atomic E-state index is 13.5. The molecule has 3 heterocycles. The number of aromatic nitrogens is 3. The minimum Gasteiger partial charge on any atom is -0.363 e. The number of hydrogen-bond donors (Lipinski definition) is 1. The van der Waals surface area contributed by atoms with E-state index in [2.05, 4.69) is 15.3 Å². The lowest BCUT2D eigenvalue weighted by Gasteiger charge is -2.23. The highest BCUT2D eigenvalue weighted by molar-refractivity contribution is 5.96. The lowest BCUT2D eigenvalue weighted by molar-refractivity contribution is -0.115.